The molecule has 90 valence electrons. The molecule has 6 heteroatoms. The normalized spacial score (nSPS) is 10.4. The van der Waals surface area contributed by atoms with Crippen molar-refractivity contribution in [3.8, 4) is 0 Å². The van der Waals surface area contributed by atoms with E-state index in [0.29, 0.717) is 5.56 Å². The summed E-state index contributed by atoms with van der Waals surface area (Å²) in [6, 6.07) is 5.52. The Kier molecular flexibility index (Phi) is 4.83. The zero-order valence-electron chi connectivity index (χ0n) is 8.72. The first kappa shape index (κ1) is 12.9. The van der Waals surface area contributed by atoms with Crippen molar-refractivity contribution in [1.29, 1.82) is 0 Å². The van der Waals surface area contributed by atoms with Gasteiger partial charge < -0.3 is 5.11 Å². The van der Waals surface area contributed by atoms with E-state index in [1.54, 1.807) is 0 Å². The van der Waals surface area contributed by atoms with Crippen molar-refractivity contribution < 1.29 is 23.9 Å². The lowest BCUT2D eigenvalue weighted by Gasteiger charge is -1.99. The number of rotatable bonds is 5. The van der Waals surface area contributed by atoms with E-state index in [0.717, 1.165) is 6.08 Å². The van der Waals surface area contributed by atoms with Crippen LogP contribution in [0.25, 0.3) is 6.08 Å². The molecule has 1 rings (SSSR count). The molecule has 17 heavy (non-hydrogen) atoms. The van der Waals surface area contributed by atoms with Crippen LogP contribution in [-0.4, -0.2) is 23.6 Å². The number of halogens is 1. The number of carboxylic acid groups (broad SMARTS) is 1. The number of hydrogen-bond donors (Lipinski definition) is 2. The van der Waals surface area contributed by atoms with Crippen molar-refractivity contribution >= 4 is 18.0 Å². The SMILES string of the molecule is O=C(O)CONC(=O)C=Cc1ccc(F)cc1. The highest BCUT2D eigenvalue weighted by Gasteiger charge is 1.99. The molecule has 0 saturated heterocycles. The second kappa shape index (κ2) is 6.39. The minimum atomic E-state index is -1.19. The molecule has 0 fully saturated rings. The highest BCUT2D eigenvalue weighted by molar-refractivity contribution is 5.91. The first-order valence-electron chi connectivity index (χ1n) is 4.65. The summed E-state index contributed by atoms with van der Waals surface area (Å²) in [6.07, 6.45) is 2.59. The maximum atomic E-state index is 12.5. The van der Waals surface area contributed by atoms with Gasteiger partial charge in [-0.25, -0.2) is 14.7 Å². The number of carbonyl (C=O) groups excluding carboxylic acids is 1. The summed E-state index contributed by atoms with van der Waals surface area (Å²) < 4.78 is 12.5. The number of aliphatic carboxylic acids is 1. The average Bonchev–Trinajstić information content (AvgIpc) is 2.28. The molecule has 1 amide bonds. The van der Waals surface area contributed by atoms with Gasteiger partial charge in [-0.15, -0.1) is 0 Å². The third-order valence-electron chi connectivity index (χ3n) is 1.67. The fourth-order valence-corrected chi connectivity index (χ4v) is 0.949. The summed E-state index contributed by atoms with van der Waals surface area (Å²) in [5.41, 5.74) is 2.55. The zero-order valence-corrected chi connectivity index (χ0v) is 8.72. The number of carboxylic acids is 1. The number of nitrogens with one attached hydrogen (secondary N) is 1. The number of hydrogen-bond acceptors (Lipinski definition) is 3. The summed E-state index contributed by atoms with van der Waals surface area (Å²) in [6.45, 7) is -0.615. The lowest BCUT2D eigenvalue weighted by Crippen LogP contribution is -2.24. The molecule has 0 radical (unpaired) electrons. The molecular weight excluding hydrogens is 229 g/mol. The minimum absolute atomic E-state index is 0.364. The van der Waals surface area contributed by atoms with Crippen LogP contribution in [0.2, 0.25) is 0 Å². The van der Waals surface area contributed by atoms with Crippen LogP contribution in [0.1, 0.15) is 5.56 Å². The number of amides is 1. The van der Waals surface area contributed by atoms with E-state index in [1.807, 2.05) is 5.48 Å². The molecule has 2 N–H and O–H groups in total. The van der Waals surface area contributed by atoms with Gasteiger partial charge in [0.25, 0.3) is 5.91 Å². The monoisotopic (exact) mass is 239 g/mol. The molecule has 0 unspecified atom stereocenters. The molecule has 0 bridgehead atoms. The van der Waals surface area contributed by atoms with Crippen LogP contribution in [0.4, 0.5) is 4.39 Å². The van der Waals surface area contributed by atoms with E-state index in [9.17, 15) is 14.0 Å². The maximum Gasteiger partial charge on any atom is 0.332 e. The van der Waals surface area contributed by atoms with Crippen molar-refractivity contribution in [2.24, 2.45) is 0 Å². The summed E-state index contributed by atoms with van der Waals surface area (Å²) in [7, 11) is 0. The highest BCUT2D eigenvalue weighted by Crippen LogP contribution is 2.04. The molecule has 0 aliphatic carbocycles. The van der Waals surface area contributed by atoms with E-state index in [-0.39, 0.29) is 5.82 Å². The highest BCUT2D eigenvalue weighted by atomic mass is 19.1. The van der Waals surface area contributed by atoms with Crippen molar-refractivity contribution in [3.05, 3.63) is 41.7 Å². The second-order valence-corrected chi connectivity index (χ2v) is 3.03. The predicted molar refractivity (Wildman–Crippen MR) is 57.2 cm³/mol. The lowest BCUT2D eigenvalue weighted by molar-refractivity contribution is -0.147. The Hall–Kier alpha value is -2.21. The molecule has 0 atom stereocenters. The van der Waals surface area contributed by atoms with E-state index < -0.39 is 18.5 Å². The molecule has 0 aliphatic rings. The molecule has 0 aliphatic heterocycles. The molecule has 0 aromatic heterocycles. The Bertz CT molecular complexity index is 428. The van der Waals surface area contributed by atoms with Crippen molar-refractivity contribution in [2.75, 3.05) is 6.61 Å². The van der Waals surface area contributed by atoms with Crippen LogP contribution in [0.15, 0.2) is 30.3 Å². The van der Waals surface area contributed by atoms with Gasteiger partial charge in [-0.1, -0.05) is 12.1 Å². The van der Waals surface area contributed by atoms with E-state index in [1.165, 1.54) is 30.3 Å². The number of hydroxylamine groups is 1. The average molecular weight is 239 g/mol. The molecule has 0 saturated carbocycles. The largest absolute Gasteiger partial charge is 0.479 e. The molecule has 1 aromatic carbocycles. The third-order valence-corrected chi connectivity index (χ3v) is 1.67. The number of benzene rings is 1. The molecule has 1 aromatic rings. The fraction of sp³-hybridized carbons (Fsp3) is 0.0909. The van der Waals surface area contributed by atoms with Crippen LogP contribution in [0, 0.1) is 5.82 Å². The van der Waals surface area contributed by atoms with Crippen molar-refractivity contribution in [3.63, 3.8) is 0 Å². The molecule has 0 spiro atoms. The van der Waals surface area contributed by atoms with Gasteiger partial charge in [-0.05, 0) is 23.8 Å². The predicted octanol–water partition coefficient (Wildman–Crippen LogP) is 0.971. The van der Waals surface area contributed by atoms with Gasteiger partial charge in [0, 0.05) is 6.08 Å². The third kappa shape index (κ3) is 5.43. The molecule has 5 nitrogen and oxygen atoms in total. The van der Waals surface area contributed by atoms with Crippen LogP contribution in [0.5, 0.6) is 0 Å². The van der Waals surface area contributed by atoms with Crippen molar-refractivity contribution in [2.45, 2.75) is 0 Å². The van der Waals surface area contributed by atoms with Gasteiger partial charge in [-0.2, -0.15) is 0 Å². The smallest absolute Gasteiger partial charge is 0.332 e. The van der Waals surface area contributed by atoms with E-state index in [2.05, 4.69) is 4.84 Å². The van der Waals surface area contributed by atoms with Crippen LogP contribution >= 0.6 is 0 Å². The van der Waals surface area contributed by atoms with Gasteiger partial charge in [0.15, 0.2) is 6.61 Å². The Labute approximate surface area is 96.5 Å². The fourth-order valence-electron chi connectivity index (χ4n) is 0.949. The standard InChI is InChI=1S/C11H10FNO4/c12-9-4-1-8(2-5-9)3-6-10(14)13-17-7-11(15)16/h1-6H,7H2,(H,13,14)(H,15,16). The first-order valence-corrected chi connectivity index (χ1v) is 4.65. The second-order valence-electron chi connectivity index (χ2n) is 3.03. The molecular formula is C11H10FNO4. The van der Waals surface area contributed by atoms with Gasteiger partial charge in [-0.3, -0.25) is 9.63 Å². The Morgan fingerprint density at radius 3 is 2.59 bits per heavy atom. The quantitative estimate of drug-likeness (QED) is 0.593. The minimum Gasteiger partial charge on any atom is -0.479 e. The van der Waals surface area contributed by atoms with Crippen LogP contribution in [0.3, 0.4) is 0 Å². The maximum absolute atomic E-state index is 12.5. The van der Waals surface area contributed by atoms with Crippen LogP contribution < -0.4 is 5.48 Å². The Morgan fingerprint density at radius 1 is 1.35 bits per heavy atom. The summed E-state index contributed by atoms with van der Waals surface area (Å²) in [5.74, 6) is -2.15. The topological polar surface area (TPSA) is 75.6 Å². The van der Waals surface area contributed by atoms with Crippen LogP contribution in [-0.2, 0) is 14.4 Å². The summed E-state index contributed by atoms with van der Waals surface area (Å²) in [4.78, 5) is 25.5. The Balaban J connectivity index is 2.40. The Morgan fingerprint density at radius 2 is 2.00 bits per heavy atom. The summed E-state index contributed by atoms with van der Waals surface area (Å²) >= 11 is 0. The van der Waals surface area contributed by atoms with E-state index >= 15 is 0 Å². The first-order chi connectivity index (χ1) is 8.08. The van der Waals surface area contributed by atoms with E-state index in [4.69, 9.17) is 5.11 Å². The van der Waals surface area contributed by atoms with Gasteiger partial charge in [0.2, 0.25) is 0 Å². The van der Waals surface area contributed by atoms with Gasteiger partial charge in [0.05, 0.1) is 0 Å². The van der Waals surface area contributed by atoms with Crippen molar-refractivity contribution in [1.82, 2.24) is 5.48 Å². The van der Waals surface area contributed by atoms with Gasteiger partial charge in [0.1, 0.15) is 5.82 Å². The number of carbonyl (C=O) groups is 2. The zero-order chi connectivity index (χ0) is 12.7. The van der Waals surface area contributed by atoms with Gasteiger partial charge >= 0.3 is 5.97 Å². The lowest BCUT2D eigenvalue weighted by atomic mass is 10.2. The summed E-state index contributed by atoms with van der Waals surface area (Å²) in [5, 5.41) is 8.23. The molecule has 0 heterocycles.